The van der Waals surface area contributed by atoms with Crippen molar-refractivity contribution >= 4 is 23.6 Å². The van der Waals surface area contributed by atoms with Gasteiger partial charge >= 0.3 is 5.97 Å². The fourth-order valence-corrected chi connectivity index (χ4v) is 1.22. The zero-order chi connectivity index (χ0) is 11.3. The number of carboxylic acid groups (broad SMARTS) is 1. The number of aromatic carboxylic acids is 1. The van der Waals surface area contributed by atoms with Crippen LogP contribution in [0.1, 0.15) is 22.3 Å². The lowest BCUT2D eigenvalue weighted by atomic mass is 10.1. The average Bonchev–Trinajstić information content (AvgIpc) is 2.20. The Kier molecular flexibility index (Phi) is 4.27. The first-order valence-corrected chi connectivity index (χ1v) is 4.78. The monoisotopic (exact) mass is 226 g/mol. The number of aromatic nitrogens is 1. The number of pyridine rings is 1. The first-order chi connectivity index (χ1) is 7.15. The maximum atomic E-state index is 10.9. The van der Waals surface area contributed by atoms with Crippen LogP contribution in [-0.4, -0.2) is 22.6 Å². The largest absolute Gasteiger partial charge is 0.478 e. The predicted molar refractivity (Wildman–Crippen MR) is 58.9 cm³/mol. The van der Waals surface area contributed by atoms with Gasteiger partial charge in [0.25, 0.3) is 0 Å². The Bertz CT molecular complexity index is 391. The molecule has 0 bridgehead atoms. The summed E-state index contributed by atoms with van der Waals surface area (Å²) in [5.74, 6) is -1.02. The molecule has 1 rings (SSSR count). The van der Waals surface area contributed by atoms with Crippen LogP contribution in [0.15, 0.2) is 18.3 Å². The van der Waals surface area contributed by atoms with E-state index in [1.165, 1.54) is 12.3 Å². The SMILES string of the molecule is NCCC=Cc1cnc(Cl)cc1C(=O)O. The summed E-state index contributed by atoms with van der Waals surface area (Å²) in [6.07, 6.45) is 5.61. The first kappa shape index (κ1) is 11.7. The molecule has 0 aliphatic carbocycles. The molecule has 0 fully saturated rings. The summed E-state index contributed by atoms with van der Waals surface area (Å²) < 4.78 is 0. The third-order valence-corrected chi connectivity index (χ3v) is 1.97. The van der Waals surface area contributed by atoms with Gasteiger partial charge in [0, 0.05) is 11.8 Å². The van der Waals surface area contributed by atoms with Gasteiger partial charge in [-0.3, -0.25) is 0 Å². The molecule has 0 radical (unpaired) electrons. The summed E-state index contributed by atoms with van der Waals surface area (Å²) in [7, 11) is 0. The quantitative estimate of drug-likeness (QED) is 0.768. The number of halogens is 1. The van der Waals surface area contributed by atoms with Gasteiger partial charge in [0.05, 0.1) is 5.56 Å². The molecule has 0 aliphatic rings. The Hall–Kier alpha value is -1.39. The van der Waals surface area contributed by atoms with Crippen LogP contribution in [0.3, 0.4) is 0 Å². The number of hydrogen-bond donors (Lipinski definition) is 2. The molecule has 0 spiro atoms. The van der Waals surface area contributed by atoms with Crippen molar-refractivity contribution in [3.8, 4) is 0 Å². The third-order valence-electron chi connectivity index (χ3n) is 1.76. The van der Waals surface area contributed by atoms with Crippen LogP contribution in [0.25, 0.3) is 6.08 Å². The van der Waals surface area contributed by atoms with Crippen LogP contribution < -0.4 is 5.73 Å². The maximum Gasteiger partial charge on any atom is 0.336 e. The summed E-state index contributed by atoms with van der Waals surface area (Å²) in [6, 6.07) is 1.33. The highest BCUT2D eigenvalue weighted by atomic mass is 35.5. The van der Waals surface area contributed by atoms with Gasteiger partial charge in [0.2, 0.25) is 0 Å². The molecule has 0 aromatic carbocycles. The van der Waals surface area contributed by atoms with E-state index in [0.29, 0.717) is 18.5 Å². The van der Waals surface area contributed by atoms with E-state index >= 15 is 0 Å². The molecular formula is C10H11ClN2O2. The number of carboxylic acids is 1. The summed E-state index contributed by atoms with van der Waals surface area (Å²) in [5, 5.41) is 9.07. The molecule has 0 unspecified atom stereocenters. The van der Waals surface area contributed by atoms with E-state index in [-0.39, 0.29) is 10.7 Å². The minimum Gasteiger partial charge on any atom is -0.478 e. The Balaban J connectivity index is 3.01. The summed E-state index contributed by atoms with van der Waals surface area (Å²) in [6.45, 7) is 0.528. The number of hydrogen-bond acceptors (Lipinski definition) is 3. The van der Waals surface area contributed by atoms with Crippen LogP contribution >= 0.6 is 11.6 Å². The highest BCUT2D eigenvalue weighted by Crippen LogP contribution is 2.14. The molecule has 0 aliphatic heterocycles. The van der Waals surface area contributed by atoms with E-state index in [1.54, 1.807) is 12.2 Å². The zero-order valence-electron chi connectivity index (χ0n) is 7.98. The second kappa shape index (κ2) is 5.48. The Labute approximate surface area is 92.4 Å². The van der Waals surface area contributed by atoms with Gasteiger partial charge in [0.15, 0.2) is 0 Å². The van der Waals surface area contributed by atoms with E-state index in [1.807, 2.05) is 0 Å². The Morgan fingerprint density at radius 1 is 1.67 bits per heavy atom. The lowest BCUT2D eigenvalue weighted by molar-refractivity contribution is 0.0696. The predicted octanol–water partition coefficient (Wildman–Crippen LogP) is 1.80. The first-order valence-electron chi connectivity index (χ1n) is 4.40. The second-order valence-electron chi connectivity index (χ2n) is 2.88. The van der Waals surface area contributed by atoms with Gasteiger partial charge in [-0.05, 0) is 19.0 Å². The number of nitrogens with zero attached hydrogens (tertiary/aromatic N) is 1. The van der Waals surface area contributed by atoms with Crippen molar-refractivity contribution in [3.63, 3.8) is 0 Å². The number of rotatable bonds is 4. The average molecular weight is 227 g/mol. The fourth-order valence-electron chi connectivity index (χ4n) is 1.07. The molecule has 0 atom stereocenters. The molecule has 80 valence electrons. The van der Waals surface area contributed by atoms with E-state index < -0.39 is 5.97 Å². The molecule has 1 aromatic heterocycles. The molecular weight excluding hydrogens is 216 g/mol. The van der Waals surface area contributed by atoms with Crippen molar-refractivity contribution in [1.82, 2.24) is 4.98 Å². The normalized spacial score (nSPS) is 10.8. The van der Waals surface area contributed by atoms with Gasteiger partial charge < -0.3 is 10.8 Å². The Morgan fingerprint density at radius 2 is 2.40 bits per heavy atom. The highest BCUT2D eigenvalue weighted by Gasteiger charge is 2.08. The van der Waals surface area contributed by atoms with E-state index in [9.17, 15) is 4.79 Å². The molecule has 5 heteroatoms. The van der Waals surface area contributed by atoms with Gasteiger partial charge in [-0.2, -0.15) is 0 Å². The van der Waals surface area contributed by atoms with Crippen LogP contribution in [-0.2, 0) is 0 Å². The lowest BCUT2D eigenvalue weighted by Crippen LogP contribution is -2.00. The maximum absolute atomic E-state index is 10.9. The van der Waals surface area contributed by atoms with Crippen molar-refractivity contribution in [2.24, 2.45) is 5.73 Å². The van der Waals surface area contributed by atoms with E-state index in [0.717, 1.165) is 0 Å². The second-order valence-corrected chi connectivity index (χ2v) is 3.27. The fraction of sp³-hybridized carbons (Fsp3) is 0.200. The van der Waals surface area contributed by atoms with Crippen molar-refractivity contribution in [2.75, 3.05) is 6.54 Å². The lowest BCUT2D eigenvalue weighted by Gasteiger charge is -2.00. The summed E-state index contributed by atoms with van der Waals surface area (Å²) >= 11 is 5.60. The molecule has 4 nitrogen and oxygen atoms in total. The van der Waals surface area contributed by atoms with Gasteiger partial charge in [0.1, 0.15) is 5.15 Å². The van der Waals surface area contributed by atoms with Crippen molar-refractivity contribution in [2.45, 2.75) is 6.42 Å². The van der Waals surface area contributed by atoms with Gasteiger partial charge in [-0.15, -0.1) is 0 Å². The molecule has 0 saturated carbocycles. The minimum absolute atomic E-state index is 0.142. The van der Waals surface area contributed by atoms with Gasteiger partial charge in [-0.1, -0.05) is 23.8 Å². The standard InChI is InChI=1S/C10H11ClN2O2/c11-9-5-8(10(14)15)7(6-13-9)3-1-2-4-12/h1,3,5-6H,2,4,12H2,(H,14,15). The Morgan fingerprint density at radius 3 is 3.00 bits per heavy atom. The van der Waals surface area contributed by atoms with E-state index in [4.69, 9.17) is 22.4 Å². The van der Waals surface area contributed by atoms with Crippen LogP contribution in [0.4, 0.5) is 0 Å². The third kappa shape index (κ3) is 3.34. The van der Waals surface area contributed by atoms with Crippen LogP contribution in [0.5, 0.6) is 0 Å². The smallest absolute Gasteiger partial charge is 0.336 e. The zero-order valence-corrected chi connectivity index (χ0v) is 8.74. The number of carbonyl (C=O) groups is 1. The van der Waals surface area contributed by atoms with Crippen LogP contribution in [0, 0.1) is 0 Å². The van der Waals surface area contributed by atoms with Crippen molar-refractivity contribution in [1.29, 1.82) is 0 Å². The van der Waals surface area contributed by atoms with Crippen LogP contribution in [0.2, 0.25) is 5.15 Å². The summed E-state index contributed by atoms with van der Waals surface area (Å²) in [5.41, 5.74) is 5.98. The highest BCUT2D eigenvalue weighted by molar-refractivity contribution is 6.29. The molecule has 0 saturated heterocycles. The topological polar surface area (TPSA) is 76.2 Å². The summed E-state index contributed by atoms with van der Waals surface area (Å²) in [4.78, 5) is 14.7. The van der Waals surface area contributed by atoms with E-state index in [2.05, 4.69) is 4.98 Å². The molecule has 0 amide bonds. The van der Waals surface area contributed by atoms with Crippen molar-refractivity contribution in [3.05, 3.63) is 34.6 Å². The molecule has 3 N–H and O–H groups in total. The number of nitrogens with two attached hydrogens (primary N) is 1. The molecule has 1 heterocycles. The van der Waals surface area contributed by atoms with Crippen molar-refractivity contribution < 1.29 is 9.90 Å². The molecule has 1 aromatic rings. The van der Waals surface area contributed by atoms with Gasteiger partial charge in [-0.25, -0.2) is 9.78 Å². The minimum atomic E-state index is -1.02. The molecule has 15 heavy (non-hydrogen) atoms.